The monoisotopic (exact) mass is 458 g/mol. The third-order valence-electron chi connectivity index (χ3n) is 6.53. The first-order valence-corrected chi connectivity index (χ1v) is 11.6. The van der Waals surface area contributed by atoms with Crippen molar-refractivity contribution < 1.29 is 0 Å². The van der Waals surface area contributed by atoms with Gasteiger partial charge in [0.15, 0.2) is 11.5 Å². The van der Waals surface area contributed by atoms with E-state index in [1.54, 1.807) is 0 Å². The molecule has 0 amide bonds. The Morgan fingerprint density at radius 2 is 1.88 bits per heavy atom. The van der Waals surface area contributed by atoms with Gasteiger partial charge in [-0.2, -0.15) is 9.61 Å². The molecule has 5 rings (SSSR count). The van der Waals surface area contributed by atoms with Gasteiger partial charge < -0.3 is 9.80 Å². The second kappa shape index (κ2) is 8.64. The molecular weight excluding hydrogens is 428 g/mol. The molecule has 0 radical (unpaired) electrons. The minimum Gasteiger partial charge on any atom is -0.350 e. The van der Waals surface area contributed by atoms with Gasteiger partial charge in [0.2, 0.25) is 0 Å². The van der Waals surface area contributed by atoms with Gasteiger partial charge in [-0.25, -0.2) is 4.98 Å². The molecule has 176 valence electrons. The van der Waals surface area contributed by atoms with E-state index in [-0.39, 0.29) is 5.56 Å². The van der Waals surface area contributed by atoms with Crippen LogP contribution in [0, 0.1) is 20.8 Å². The number of likely N-dealkylation sites (N-methyl/N-ethyl adjacent to an activating group) is 1. The van der Waals surface area contributed by atoms with Crippen LogP contribution in [0.3, 0.4) is 0 Å². The molecule has 0 bridgehead atoms. The fourth-order valence-corrected chi connectivity index (χ4v) is 4.44. The smallest absolute Gasteiger partial charge is 0.274 e. The van der Waals surface area contributed by atoms with Gasteiger partial charge in [-0.05, 0) is 46.5 Å². The number of aromatic nitrogens is 6. The Balaban J connectivity index is 1.46. The van der Waals surface area contributed by atoms with E-state index in [0.29, 0.717) is 17.9 Å². The van der Waals surface area contributed by atoms with Crippen molar-refractivity contribution in [2.24, 2.45) is 0 Å². The first-order chi connectivity index (χ1) is 16.3. The van der Waals surface area contributed by atoms with Crippen LogP contribution in [0.2, 0.25) is 0 Å². The molecular formula is C25H30N8O. The lowest BCUT2D eigenvalue weighted by Gasteiger charge is -2.31. The minimum absolute atomic E-state index is 0.153. The molecule has 0 fully saturated rings. The van der Waals surface area contributed by atoms with E-state index in [1.165, 1.54) is 16.1 Å². The van der Waals surface area contributed by atoms with Crippen molar-refractivity contribution in [1.82, 2.24) is 34.3 Å². The van der Waals surface area contributed by atoms with Crippen molar-refractivity contribution in [2.75, 3.05) is 32.1 Å². The van der Waals surface area contributed by atoms with Gasteiger partial charge in [-0.3, -0.25) is 14.5 Å². The zero-order chi connectivity index (χ0) is 24.0. The SMILES string of the molecule is Cc1cc(=O)n2nc(N3CCc4ncc(-c5cnn(CCN(C)C)c5)cc4C3)c(C)c(C)c2n1. The molecule has 1 aliphatic rings. The molecule has 0 aromatic carbocycles. The maximum absolute atomic E-state index is 12.6. The predicted octanol–water partition coefficient (Wildman–Crippen LogP) is 2.40. The first kappa shape index (κ1) is 22.2. The van der Waals surface area contributed by atoms with Crippen LogP contribution in [0.25, 0.3) is 16.8 Å². The summed E-state index contributed by atoms with van der Waals surface area (Å²) in [5, 5.41) is 9.23. The number of anilines is 1. The van der Waals surface area contributed by atoms with Gasteiger partial charge in [0.25, 0.3) is 5.56 Å². The van der Waals surface area contributed by atoms with Gasteiger partial charge >= 0.3 is 0 Å². The van der Waals surface area contributed by atoms with Crippen molar-refractivity contribution in [1.29, 1.82) is 0 Å². The summed E-state index contributed by atoms with van der Waals surface area (Å²) in [7, 11) is 4.12. The molecule has 0 aliphatic carbocycles. The lowest BCUT2D eigenvalue weighted by Crippen LogP contribution is -2.34. The lowest BCUT2D eigenvalue weighted by atomic mass is 10.0. The van der Waals surface area contributed by atoms with E-state index >= 15 is 0 Å². The van der Waals surface area contributed by atoms with Crippen LogP contribution in [0.4, 0.5) is 5.82 Å². The Kier molecular flexibility index (Phi) is 5.65. The van der Waals surface area contributed by atoms with Crippen molar-refractivity contribution >= 4 is 11.5 Å². The summed E-state index contributed by atoms with van der Waals surface area (Å²) in [4.78, 5) is 26.3. The Bertz CT molecular complexity index is 1440. The molecule has 4 aromatic rings. The topological polar surface area (TPSA) is 84.5 Å². The number of aryl methyl sites for hydroxylation is 2. The van der Waals surface area contributed by atoms with E-state index in [2.05, 4.69) is 53.2 Å². The number of fused-ring (bicyclic) bond motifs is 2. The molecule has 9 nitrogen and oxygen atoms in total. The third-order valence-corrected chi connectivity index (χ3v) is 6.53. The molecule has 0 unspecified atom stereocenters. The number of hydrogen-bond donors (Lipinski definition) is 0. The largest absolute Gasteiger partial charge is 0.350 e. The number of hydrogen-bond acceptors (Lipinski definition) is 7. The molecule has 0 saturated heterocycles. The minimum atomic E-state index is -0.153. The number of nitrogens with zero attached hydrogens (tertiary/aromatic N) is 8. The fraction of sp³-hybridized carbons (Fsp3) is 0.400. The average molecular weight is 459 g/mol. The van der Waals surface area contributed by atoms with Crippen LogP contribution in [0.1, 0.15) is 28.1 Å². The van der Waals surface area contributed by atoms with Gasteiger partial charge in [0, 0.05) is 78.2 Å². The average Bonchev–Trinajstić information content (AvgIpc) is 3.29. The second-order valence-corrected chi connectivity index (χ2v) is 9.34. The van der Waals surface area contributed by atoms with E-state index in [1.807, 2.05) is 30.9 Å². The first-order valence-electron chi connectivity index (χ1n) is 11.6. The highest BCUT2D eigenvalue weighted by Crippen LogP contribution is 2.29. The summed E-state index contributed by atoms with van der Waals surface area (Å²) in [6.07, 6.45) is 6.75. The highest BCUT2D eigenvalue weighted by molar-refractivity contribution is 5.63. The molecule has 0 N–H and O–H groups in total. The Morgan fingerprint density at radius 3 is 2.68 bits per heavy atom. The normalized spacial score (nSPS) is 13.6. The summed E-state index contributed by atoms with van der Waals surface area (Å²) < 4.78 is 3.40. The second-order valence-electron chi connectivity index (χ2n) is 9.34. The van der Waals surface area contributed by atoms with Crippen LogP contribution in [0.5, 0.6) is 0 Å². The van der Waals surface area contributed by atoms with Crippen LogP contribution < -0.4 is 10.5 Å². The summed E-state index contributed by atoms with van der Waals surface area (Å²) in [5.74, 6) is 0.824. The van der Waals surface area contributed by atoms with Gasteiger partial charge in [0.1, 0.15) is 0 Å². The quantitative estimate of drug-likeness (QED) is 0.454. The van der Waals surface area contributed by atoms with Crippen LogP contribution in [0.15, 0.2) is 35.5 Å². The third kappa shape index (κ3) is 4.07. The van der Waals surface area contributed by atoms with Crippen LogP contribution >= 0.6 is 0 Å². The molecule has 4 aromatic heterocycles. The summed E-state index contributed by atoms with van der Waals surface area (Å²) in [5.41, 5.74) is 7.63. The van der Waals surface area contributed by atoms with Crippen LogP contribution in [-0.2, 0) is 19.5 Å². The van der Waals surface area contributed by atoms with Crippen molar-refractivity contribution in [3.63, 3.8) is 0 Å². The van der Waals surface area contributed by atoms with Crippen molar-refractivity contribution in [3.8, 4) is 11.1 Å². The Labute approximate surface area is 198 Å². The maximum Gasteiger partial charge on any atom is 0.274 e. The highest BCUT2D eigenvalue weighted by atomic mass is 16.1. The van der Waals surface area contributed by atoms with E-state index < -0.39 is 0 Å². The maximum atomic E-state index is 12.6. The standard InChI is InChI=1S/C25H30N8O/c1-16-10-23(34)33-24(28-16)17(2)18(3)25(29-33)31-7-6-22-20(14-31)11-19(12-26-22)21-13-27-32(15-21)9-8-30(4)5/h10-13,15H,6-9,14H2,1-5H3. The summed E-state index contributed by atoms with van der Waals surface area (Å²) in [6.45, 7) is 9.17. The van der Waals surface area contributed by atoms with Gasteiger partial charge in [-0.1, -0.05) is 0 Å². The summed E-state index contributed by atoms with van der Waals surface area (Å²) in [6, 6.07) is 3.74. The van der Waals surface area contributed by atoms with E-state index in [0.717, 1.165) is 59.8 Å². The predicted molar refractivity (Wildman–Crippen MR) is 132 cm³/mol. The van der Waals surface area contributed by atoms with E-state index in [4.69, 9.17) is 10.1 Å². The molecule has 0 atom stereocenters. The molecule has 0 saturated carbocycles. The Hall–Kier alpha value is -3.59. The van der Waals surface area contributed by atoms with Crippen molar-refractivity contribution in [2.45, 2.75) is 40.3 Å². The molecule has 0 spiro atoms. The lowest BCUT2D eigenvalue weighted by molar-refractivity contribution is 0.373. The van der Waals surface area contributed by atoms with Gasteiger partial charge in [-0.15, -0.1) is 5.10 Å². The van der Waals surface area contributed by atoms with Crippen LogP contribution in [-0.4, -0.2) is 61.4 Å². The molecule has 5 heterocycles. The van der Waals surface area contributed by atoms with E-state index in [9.17, 15) is 4.79 Å². The zero-order valence-electron chi connectivity index (χ0n) is 20.4. The molecule has 9 heteroatoms. The number of pyridine rings is 1. The molecule has 1 aliphatic heterocycles. The summed E-state index contributed by atoms with van der Waals surface area (Å²) >= 11 is 0. The fourth-order valence-electron chi connectivity index (χ4n) is 4.44. The zero-order valence-corrected chi connectivity index (χ0v) is 20.4. The number of rotatable bonds is 5. The Morgan fingerprint density at radius 1 is 1.06 bits per heavy atom. The van der Waals surface area contributed by atoms with Gasteiger partial charge in [0.05, 0.1) is 12.7 Å². The highest BCUT2D eigenvalue weighted by Gasteiger charge is 2.23. The molecule has 34 heavy (non-hydrogen) atoms. The van der Waals surface area contributed by atoms with Crippen molar-refractivity contribution in [3.05, 3.63) is 69.2 Å².